The number of nitrogens with one attached hydrogen (secondary N) is 2. The van der Waals surface area contributed by atoms with Crippen LogP contribution in [0.1, 0.15) is 34.1 Å². The lowest BCUT2D eigenvalue weighted by atomic mass is 9.91. The average Bonchev–Trinajstić information content (AvgIpc) is 2.86. The van der Waals surface area contributed by atoms with Crippen molar-refractivity contribution in [3.8, 4) is 0 Å². The van der Waals surface area contributed by atoms with Gasteiger partial charge in [0, 0.05) is 28.3 Å². The largest absolute Gasteiger partial charge is 0.326 e. The van der Waals surface area contributed by atoms with Gasteiger partial charge in [-0.2, -0.15) is 5.10 Å². The highest BCUT2D eigenvalue weighted by Gasteiger charge is 2.32. The molecule has 1 saturated heterocycles. The number of carbonyl (C=O) groups is 2. The van der Waals surface area contributed by atoms with Crippen molar-refractivity contribution in [3.05, 3.63) is 29.3 Å². The predicted molar refractivity (Wildman–Crippen MR) is 104 cm³/mol. The summed E-state index contributed by atoms with van der Waals surface area (Å²) < 4.78 is 0. The molecule has 1 fully saturated rings. The molecule has 8 heteroatoms. The van der Waals surface area contributed by atoms with Crippen molar-refractivity contribution in [2.75, 3.05) is 5.32 Å². The Morgan fingerprint density at radius 3 is 2.56 bits per heavy atom. The van der Waals surface area contributed by atoms with Crippen LogP contribution in [0.15, 0.2) is 34.5 Å². The minimum atomic E-state index is -0.517. The van der Waals surface area contributed by atoms with Crippen molar-refractivity contribution < 1.29 is 9.59 Å². The van der Waals surface area contributed by atoms with Crippen molar-refractivity contribution in [1.29, 1.82) is 0 Å². The van der Waals surface area contributed by atoms with Crippen LogP contribution < -0.4 is 10.6 Å². The van der Waals surface area contributed by atoms with Gasteiger partial charge in [0.15, 0.2) is 5.17 Å². The van der Waals surface area contributed by atoms with Crippen LogP contribution in [-0.4, -0.2) is 27.9 Å². The van der Waals surface area contributed by atoms with Crippen LogP contribution in [0, 0.1) is 5.41 Å². The van der Waals surface area contributed by atoms with Gasteiger partial charge in [0.05, 0.1) is 0 Å². The molecule has 1 aromatic carbocycles. The van der Waals surface area contributed by atoms with Crippen LogP contribution >= 0.6 is 23.4 Å². The summed E-state index contributed by atoms with van der Waals surface area (Å²) in [4.78, 5) is 24.1. The number of rotatable bonds is 4. The summed E-state index contributed by atoms with van der Waals surface area (Å²) in [6.45, 7) is 8.01. The van der Waals surface area contributed by atoms with Crippen LogP contribution in [0.4, 0.5) is 5.69 Å². The molecule has 1 aliphatic rings. The molecule has 0 aromatic heterocycles. The number of thioether (sulfide) groups is 1. The fraction of sp³-hybridized carbons (Fsp3) is 0.412. The van der Waals surface area contributed by atoms with Gasteiger partial charge in [-0.1, -0.05) is 44.1 Å². The molecule has 1 heterocycles. The summed E-state index contributed by atoms with van der Waals surface area (Å²) in [6.07, 6.45) is 0.0557. The zero-order chi connectivity index (χ0) is 18.6. The molecule has 1 unspecified atom stereocenters. The second kappa shape index (κ2) is 8.01. The summed E-state index contributed by atoms with van der Waals surface area (Å²) in [7, 11) is 0. The molecule has 0 spiro atoms. The molecule has 2 amide bonds. The Labute approximate surface area is 156 Å². The number of carbonyl (C=O) groups excluding carboxylic acids is 2. The zero-order valence-electron chi connectivity index (χ0n) is 14.6. The summed E-state index contributed by atoms with van der Waals surface area (Å²) in [5, 5.41) is 14.1. The maximum Gasteiger partial charge on any atom is 0.240 e. The van der Waals surface area contributed by atoms with Crippen molar-refractivity contribution in [2.24, 2.45) is 15.6 Å². The molecule has 2 N–H and O–H groups in total. The number of amides is 2. The summed E-state index contributed by atoms with van der Waals surface area (Å²) in [5.41, 5.74) is 1.41. The first-order valence-corrected chi connectivity index (χ1v) is 9.06. The van der Waals surface area contributed by atoms with Crippen molar-refractivity contribution in [3.63, 3.8) is 0 Å². The molecule has 2 rings (SSSR count). The second-order valence-corrected chi connectivity index (χ2v) is 8.32. The van der Waals surface area contributed by atoms with E-state index >= 15 is 0 Å². The molecule has 0 saturated carbocycles. The number of hydrogen-bond acceptors (Lipinski definition) is 5. The van der Waals surface area contributed by atoms with E-state index in [1.54, 1.807) is 24.3 Å². The van der Waals surface area contributed by atoms with Crippen LogP contribution in [0.5, 0.6) is 0 Å². The first-order valence-electron chi connectivity index (χ1n) is 7.81. The first kappa shape index (κ1) is 19.5. The Morgan fingerprint density at radius 1 is 1.32 bits per heavy atom. The molecular weight excluding hydrogens is 360 g/mol. The van der Waals surface area contributed by atoms with E-state index in [1.807, 2.05) is 27.7 Å². The highest BCUT2D eigenvalue weighted by atomic mass is 35.5. The Morgan fingerprint density at radius 2 is 1.96 bits per heavy atom. The van der Waals surface area contributed by atoms with Crippen LogP contribution in [0.2, 0.25) is 5.02 Å². The van der Waals surface area contributed by atoms with Gasteiger partial charge in [-0.3, -0.25) is 9.59 Å². The van der Waals surface area contributed by atoms with Crippen LogP contribution in [-0.2, 0) is 9.59 Å². The quantitative estimate of drug-likeness (QED) is 0.617. The Hall–Kier alpha value is -1.86. The van der Waals surface area contributed by atoms with Crippen molar-refractivity contribution in [2.45, 2.75) is 39.4 Å². The number of hydrogen-bond donors (Lipinski definition) is 2. The lowest BCUT2D eigenvalue weighted by Crippen LogP contribution is -2.28. The van der Waals surface area contributed by atoms with Crippen molar-refractivity contribution in [1.82, 2.24) is 5.32 Å². The van der Waals surface area contributed by atoms with E-state index < -0.39 is 5.25 Å². The molecule has 1 aromatic rings. The van der Waals surface area contributed by atoms with Gasteiger partial charge in [-0.15, -0.1) is 5.10 Å². The topological polar surface area (TPSA) is 82.9 Å². The van der Waals surface area contributed by atoms with E-state index in [9.17, 15) is 9.59 Å². The first-order chi connectivity index (χ1) is 11.6. The van der Waals surface area contributed by atoms with Gasteiger partial charge in [-0.25, -0.2) is 0 Å². The molecule has 0 aliphatic carbocycles. The highest BCUT2D eigenvalue weighted by Crippen LogP contribution is 2.24. The number of benzene rings is 1. The van der Waals surface area contributed by atoms with E-state index in [0.29, 0.717) is 15.9 Å². The van der Waals surface area contributed by atoms with E-state index in [2.05, 4.69) is 20.8 Å². The zero-order valence-corrected chi connectivity index (χ0v) is 16.2. The third-order valence-corrected chi connectivity index (χ3v) is 4.98. The molecular formula is C17H21ClN4O2S. The molecule has 0 radical (unpaired) electrons. The minimum Gasteiger partial charge on any atom is -0.326 e. The molecule has 6 nitrogen and oxygen atoms in total. The van der Waals surface area contributed by atoms with Gasteiger partial charge in [0.1, 0.15) is 5.25 Å². The Bertz CT molecular complexity index is 723. The van der Waals surface area contributed by atoms with Crippen LogP contribution in [0.3, 0.4) is 0 Å². The smallest absolute Gasteiger partial charge is 0.240 e. The molecule has 25 heavy (non-hydrogen) atoms. The predicted octanol–water partition coefficient (Wildman–Crippen LogP) is 3.68. The number of halogens is 1. The number of anilines is 1. The molecule has 1 aliphatic heterocycles. The third kappa shape index (κ3) is 5.86. The summed E-state index contributed by atoms with van der Waals surface area (Å²) in [5.74, 6) is -0.482. The Kier molecular flexibility index (Phi) is 6.24. The van der Waals surface area contributed by atoms with Gasteiger partial charge < -0.3 is 10.6 Å². The van der Waals surface area contributed by atoms with Gasteiger partial charge in [0.2, 0.25) is 11.8 Å². The van der Waals surface area contributed by atoms with Gasteiger partial charge in [0.25, 0.3) is 0 Å². The van der Waals surface area contributed by atoms with E-state index in [1.165, 1.54) is 11.8 Å². The van der Waals surface area contributed by atoms with E-state index in [0.717, 1.165) is 5.71 Å². The maximum atomic E-state index is 12.1. The normalized spacial score (nSPS) is 19.9. The molecule has 1 atom stereocenters. The fourth-order valence-corrected chi connectivity index (χ4v) is 2.81. The summed E-state index contributed by atoms with van der Waals surface area (Å²) in [6, 6.07) is 6.79. The maximum absolute atomic E-state index is 12.1. The average molecular weight is 381 g/mol. The fourth-order valence-electron chi connectivity index (χ4n) is 1.77. The Balaban J connectivity index is 1.94. The van der Waals surface area contributed by atoms with E-state index in [-0.39, 0.29) is 23.7 Å². The standard InChI is InChI=1S/C17H21ClN4O2S/c1-10(17(2,3)4)21-22-16-20-15(24)13(25-16)9-14(23)19-12-7-5-11(18)6-8-12/h5-8,13H,9H2,1-4H3,(H,19,23)(H,20,22,24)/b21-10-. The van der Waals surface area contributed by atoms with Crippen LogP contribution in [0.25, 0.3) is 0 Å². The lowest BCUT2D eigenvalue weighted by Gasteiger charge is -2.16. The summed E-state index contributed by atoms with van der Waals surface area (Å²) >= 11 is 7.02. The highest BCUT2D eigenvalue weighted by molar-refractivity contribution is 8.15. The SMILES string of the molecule is C/C(=N/N=C1\NC(=O)C(CC(=O)Nc2ccc(Cl)cc2)S1)C(C)(C)C. The second-order valence-electron chi connectivity index (χ2n) is 6.70. The lowest BCUT2D eigenvalue weighted by molar-refractivity contribution is -0.122. The monoisotopic (exact) mass is 380 g/mol. The third-order valence-electron chi connectivity index (χ3n) is 3.65. The number of amidine groups is 1. The van der Waals surface area contributed by atoms with Gasteiger partial charge >= 0.3 is 0 Å². The van der Waals surface area contributed by atoms with E-state index in [4.69, 9.17) is 11.6 Å². The minimum absolute atomic E-state index is 0.0557. The molecule has 0 bridgehead atoms. The van der Waals surface area contributed by atoms with Gasteiger partial charge in [-0.05, 0) is 31.2 Å². The number of nitrogens with zero attached hydrogens (tertiary/aromatic N) is 2. The molecule has 134 valence electrons. The van der Waals surface area contributed by atoms with Crippen molar-refractivity contribution >= 4 is 51.7 Å².